The molecule has 7 heteroatoms. The molecule has 0 saturated carbocycles. The molecule has 0 spiro atoms. The Morgan fingerprint density at radius 1 is 0.900 bits per heavy atom. The van der Waals surface area contributed by atoms with Crippen LogP contribution >= 0.6 is 0 Å². The highest BCUT2D eigenvalue weighted by molar-refractivity contribution is 5.88. The highest BCUT2D eigenvalue weighted by Gasteiger charge is 2.38. The summed E-state index contributed by atoms with van der Waals surface area (Å²) in [5, 5.41) is 0. The summed E-state index contributed by atoms with van der Waals surface area (Å²) in [7, 11) is 1.31. The molecule has 0 aliphatic heterocycles. The second kappa shape index (κ2) is 10.5. The Labute approximate surface area is 179 Å². The summed E-state index contributed by atoms with van der Waals surface area (Å²) in [6.07, 6.45) is -1.06. The fourth-order valence-corrected chi connectivity index (χ4v) is 2.87. The summed E-state index contributed by atoms with van der Waals surface area (Å²) < 4.78 is 15.8. The molecule has 1 aromatic carbocycles. The monoisotopic (exact) mass is 421 g/mol. The summed E-state index contributed by atoms with van der Waals surface area (Å²) in [5.41, 5.74) is -0.692. The van der Waals surface area contributed by atoms with Crippen LogP contribution in [0.15, 0.2) is 30.3 Å². The van der Waals surface area contributed by atoms with Crippen molar-refractivity contribution in [1.82, 2.24) is 4.90 Å². The van der Waals surface area contributed by atoms with Gasteiger partial charge in [-0.15, -0.1) is 0 Å². The molecule has 2 amide bonds. The van der Waals surface area contributed by atoms with Crippen LogP contribution in [0.4, 0.5) is 9.59 Å². The van der Waals surface area contributed by atoms with Gasteiger partial charge in [0, 0.05) is 0 Å². The van der Waals surface area contributed by atoms with E-state index in [4.69, 9.17) is 14.2 Å². The molecule has 0 saturated heterocycles. The average Bonchev–Trinajstić information content (AvgIpc) is 2.58. The molecule has 0 N–H and O–H groups in total. The molecule has 0 bridgehead atoms. The smallest absolute Gasteiger partial charge is 0.420 e. The summed E-state index contributed by atoms with van der Waals surface area (Å²) >= 11 is 0. The van der Waals surface area contributed by atoms with E-state index in [-0.39, 0.29) is 6.42 Å². The minimum atomic E-state index is -0.810. The van der Waals surface area contributed by atoms with Crippen molar-refractivity contribution in [2.75, 3.05) is 7.11 Å². The maximum Gasteiger partial charge on any atom is 0.420 e. The minimum Gasteiger partial charge on any atom is -0.469 e. The Morgan fingerprint density at radius 3 is 1.77 bits per heavy atom. The molecule has 0 aliphatic rings. The van der Waals surface area contributed by atoms with Crippen molar-refractivity contribution in [2.45, 2.75) is 78.6 Å². The minimum absolute atomic E-state index is 0.208. The molecule has 2 atom stereocenters. The fraction of sp³-hybridized carbons (Fsp3) is 0.609. The fourth-order valence-electron chi connectivity index (χ4n) is 2.87. The van der Waals surface area contributed by atoms with Crippen molar-refractivity contribution < 1.29 is 28.6 Å². The molecular formula is C23H35NO6. The van der Waals surface area contributed by atoms with Crippen LogP contribution in [0.3, 0.4) is 0 Å². The number of ether oxygens (including phenoxy) is 3. The zero-order valence-electron chi connectivity index (χ0n) is 19.4. The Bertz CT molecular complexity index is 689. The summed E-state index contributed by atoms with van der Waals surface area (Å²) in [4.78, 5) is 39.1. The highest BCUT2D eigenvalue weighted by atomic mass is 16.6. The Balaban J connectivity index is 3.33. The number of benzene rings is 1. The summed E-state index contributed by atoms with van der Waals surface area (Å²) in [5.74, 6) is -0.947. The van der Waals surface area contributed by atoms with E-state index in [1.165, 1.54) is 7.11 Å². The lowest BCUT2D eigenvalue weighted by Gasteiger charge is -2.34. The second-order valence-electron chi connectivity index (χ2n) is 9.33. The van der Waals surface area contributed by atoms with E-state index >= 15 is 0 Å². The van der Waals surface area contributed by atoms with Gasteiger partial charge in [-0.25, -0.2) is 14.5 Å². The Hall–Kier alpha value is -2.57. The first kappa shape index (κ1) is 25.5. The Kier molecular flexibility index (Phi) is 8.88. The predicted octanol–water partition coefficient (Wildman–Crippen LogP) is 4.97. The number of hydrogen-bond donors (Lipinski definition) is 0. The van der Waals surface area contributed by atoms with E-state index in [0.717, 1.165) is 10.5 Å². The van der Waals surface area contributed by atoms with Crippen molar-refractivity contribution in [3.8, 4) is 0 Å². The van der Waals surface area contributed by atoms with E-state index in [0.29, 0.717) is 6.42 Å². The molecule has 0 fully saturated rings. The van der Waals surface area contributed by atoms with Crippen LogP contribution in [0.1, 0.15) is 60.5 Å². The third-order valence-corrected chi connectivity index (χ3v) is 4.09. The number of nitrogens with zero attached hydrogens (tertiary/aromatic N) is 1. The van der Waals surface area contributed by atoms with Gasteiger partial charge >= 0.3 is 18.2 Å². The van der Waals surface area contributed by atoms with Crippen LogP contribution in [0.5, 0.6) is 0 Å². The Morgan fingerprint density at radius 2 is 1.37 bits per heavy atom. The van der Waals surface area contributed by atoms with Gasteiger partial charge in [-0.1, -0.05) is 37.3 Å². The summed E-state index contributed by atoms with van der Waals surface area (Å²) in [6.45, 7) is 12.0. The molecule has 30 heavy (non-hydrogen) atoms. The normalized spacial score (nSPS) is 13.7. The first-order valence-electron chi connectivity index (χ1n) is 10.1. The van der Waals surface area contributed by atoms with Gasteiger partial charge in [0.1, 0.15) is 11.2 Å². The first-order chi connectivity index (χ1) is 13.7. The number of methoxy groups -OCH3 is 1. The van der Waals surface area contributed by atoms with E-state index in [9.17, 15) is 14.4 Å². The molecule has 1 aromatic rings. The third kappa shape index (κ3) is 8.84. The molecular weight excluding hydrogens is 386 g/mol. The van der Waals surface area contributed by atoms with Gasteiger partial charge < -0.3 is 14.2 Å². The van der Waals surface area contributed by atoms with Gasteiger partial charge in [-0.2, -0.15) is 0 Å². The largest absolute Gasteiger partial charge is 0.469 e. The first-order valence-corrected chi connectivity index (χ1v) is 10.1. The van der Waals surface area contributed by atoms with Gasteiger partial charge in [0.15, 0.2) is 0 Å². The number of amides is 2. The number of imide groups is 1. The van der Waals surface area contributed by atoms with Crippen molar-refractivity contribution in [3.63, 3.8) is 0 Å². The van der Waals surface area contributed by atoms with Gasteiger partial charge in [-0.05, 0) is 59.9 Å². The van der Waals surface area contributed by atoms with Crippen LogP contribution in [-0.2, 0) is 25.4 Å². The van der Waals surface area contributed by atoms with Crippen LogP contribution in [-0.4, -0.2) is 47.4 Å². The van der Waals surface area contributed by atoms with Crippen LogP contribution in [0.2, 0.25) is 0 Å². The van der Waals surface area contributed by atoms with Crippen LogP contribution < -0.4 is 0 Å². The zero-order chi connectivity index (χ0) is 23.1. The maximum absolute atomic E-state index is 13.0. The number of rotatable bonds is 6. The van der Waals surface area contributed by atoms with E-state index in [1.54, 1.807) is 48.5 Å². The van der Waals surface area contributed by atoms with Crippen molar-refractivity contribution >= 4 is 18.2 Å². The molecule has 0 radical (unpaired) electrons. The molecule has 0 unspecified atom stereocenters. The SMILES string of the molecule is COC(=O)[C@@H](C)C[C@H](Cc1ccccc1)N(C(=O)OC(C)(C)C)C(=O)OC(C)(C)C. The summed E-state index contributed by atoms with van der Waals surface area (Å²) in [6, 6.07) is 8.78. The molecule has 7 nitrogen and oxygen atoms in total. The van der Waals surface area contributed by atoms with Crippen molar-refractivity contribution in [2.24, 2.45) is 5.92 Å². The third-order valence-electron chi connectivity index (χ3n) is 4.09. The molecule has 168 valence electrons. The number of carbonyl (C=O) groups excluding carboxylic acids is 3. The van der Waals surface area contributed by atoms with Gasteiger partial charge in [0.2, 0.25) is 0 Å². The number of carbonyl (C=O) groups is 3. The highest BCUT2D eigenvalue weighted by Crippen LogP contribution is 2.23. The van der Waals surface area contributed by atoms with E-state index in [1.807, 2.05) is 30.3 Å². The molecule has 1 rings (SSSR count). The lowest BCUT2D eigenvalue weighted by Crippen LogP contribution is -2.50. The molecule has 0 heterocycles. The average molecular weight is 422 g/mol. The van der Waals surface area contributed by atoms with E-state index in [2.05, 4.69) is 0 Å². The lowest BCUT2D eigenvalue weighted by molar-refractivity contribution is -0.145. The second-order valence-corrected chi connectivity index (χ2v) is 9.33. The number of hydrogen-bond acceptors (Lipinski definition) is 6. The predicted molar refractivity (Wildman–Crippen MR) is 114 cm³/mol. The lowest BCUT2D eigenvalue weighted by atomic mass is 9.95. The maximum atomic E-state index is 13.0. The molecule has 0 aliphatic carbocycles. The quantitative estimate of drug-likeness (QED) is 0.476. The molecule has 0 aromatic heterocycles. The van der Waals surface area contributed by atoms with Gasteiger partial charge in [0.25, 0.3) is 0 Å². The van der Waals surface area contributed by atoms with Crippen LogP contribution in [0.25, 0.3) is 0 Å². The van der Waals surface area contributed by atoms with Gasteiger partial charge in [0.05, 0.1) is 19.1 Å². The van der Waals surface area contributed by atoms with Gasteiger partial charge in [-0.3, -0.25) is 4.79 Å². The topological polar surface area (TPSA) is 82.1 Å². The van der Waals surface area contributed by atoms with Crippen molar-refractivity contribution in [1.29, 1.82) is 0 Å². The van der Waals surface area contributed by atoms with Crippen LogP contribution in [0, 0.1) is 5.92 Å². The number of esters is 1. The van der Waals surface area contributed by atoms with E-state index < -0.39 is 41.3 Å². The zero-order valence-corrected chi connectivity index (χ0v) is 19.4. The standard InChI is InChI=1S/C23H35NO6/c1-16(19(25)28-8)14-18(15-17-12-10-9-11-13-17)24(20(26)29-22(2,3)4)21(27)30-23(5,6)7/h9-13,16,18H,14-15H2,1-8H3/t16-,18+/m0/s1. The van der Waals surface area contributed by atoms with Crippen molar-refractivity contribution in [3.05, 3.63) is 35.9 Å².